The summed E-state index contributed by atoms with van der Waals surface area (Å²) in [5, 5.41) is 12.8. The average molecular weight is 460 g/mol. The number of anilines is 2. The Labute approximate surface area is 192 Å². The molecule has 3 rings (SSSR count). The van der Waals surface area contributed by atoms with Gasteiger partial charge in [-0.15, -0.1) is 0 Å². The van der Waals surface area contributed by atoms with E-state index in [9.17, 15) is 10.1 Å². The molecule has 1 N–H and O–H groups in total. The minimum absolute atomic E-state index is 0.0828. The fraction of sp³-hybridized carbons (Fsp3) is 0.333. The maximum absolute atomic E-state index is 15.0. The van der Waals surface area contributed by atoms with E-state index >= 15 is 4.39 Å². The van der Waals surface area contributed by atoms with E-state index < -0.39 is 11.7 Å². The lowest BCUT2D eigenvalue weighted by atomic mass is 9.79. The van der Waals surface area contributed by atoms with E-state index in [0.29, 0.717) is 10.7 Å². The summed E-state index contributed by atoms with van der Waals surface area (Å²) in [6.07, 6.45) is 2.20. The van der Waals surface area contributed by atoms with Crippen molar-refractivity contribution in [2.45, 2.75) is 45.6 Å². The van der Waals surface area contributed by atoms with Gasteiger partial charge in [0.1, 0.15) is 17.5 Å². The standard InChI is InChI=1S/C24H24Cl2FN3O/c1-5-30-22-11-20(27)15(9-18(22)14(2)12-24(30,3)4)8-16(13-28)23(31)29-21-7-6-17(25)10-19(21)26/h6-11,14H,5,12H2,1-4H3,(H,29,31)/b16-8+. The zero-order valence-electron chi connectivity index (χ0n) is 17.9. The van der Waals surface area contributed by atoms with Gasteiger partial charge in [0, 0.05) is 28.4 Å². The SMILES string of the molecule is CCN1c2cc(F)c(/C=C(\C#N)C(=O)Nc3ccc(Cl)cc3Cl)cc2C(C)CC1(C)C. The first-order chi connectivity index (χ1) is 14.6. The lowest BCUT2D eigenvalue weighted by Crippen LogP contribution is -2.48. The van der Waals surface area contributed by atoms with Crippen LogP contribution in [-0.4, -0.2) is 18.0 Å². The Morgan fingerprint density at radius 2 is 2.06 bits per heavy atom. The van der Waals surface area contributed by atoms with E-state index in [-0.39, 0.29) is 27.6 Å². The largest absolute Gasteiger partial charge is 0.366 e. The monoisotopic (exact) mass is 459 g/mol. The van der Waals surface area contributed by atoms with Gasteiger partial charge in [0.05, 0.1) is 10.7 Å². The number of amides is 1. The molecule has 0 saturated heterocycles. The highest BCUT2D eigenvalue weighted by Crippen LogP contribution is 2.44. The number of nitriles is 1. The number of hydrogen-bond donors (Lipinski definition) is 1. The molecule has 0 saturated carbocycles. The van der Waals surface area contributed by atoms with Crippen molar-refractivity contribution in [3.8, 4) is 6.07 Å². The molecule has 4 nitrogen and oxygen atoms in total. The molecule has 1 unspecified atom stereocenters. The second kappa shape index (κ2) is 8.90. The van der Waals surface area contributed by atoms with Gasteiger partial charge in [0.15, 0.2) is 0 Å². The molecule has 0 bridgehead atoms. The quantitative estimate of drug-likeness (QED) is 0.404. The number of carbonyl (C=O) groups excluding carboxylic acids is 1. The van der Waals surface area contributed by atoms with E-state index in [1.807, 2.05) is 13.0 Å². The van der Waals surface area contributed by atoms with Crippen LogP contribution in [0.4, 0.5) is 15.8 Å². The van der Waals surface area contributed by atoms with Crippen molar-refractivity contribution in [2.75, 3.05) is 16.8 Å². The molecule has 31 heavy (non-hydrogen) atoms. The predicted molar refractivity (Wildman–Crippen MR) is 125 cm³/mol. The van der Waals surface area contributed by atoms with Crippen molar-refractivity contribution in [3.63, 3.8) is 0 Å². The second-order valence-electron chi connectivity index (χ2n) is 8.34. The molecule has 1 atom stereocenters. The molecule has 1 heterocycles. The van der Waals surface area contributed by atoms with Gasteiger partial charge in [-0.25, -0.2) is 4.39 Å². The van der Waals surface area contributed by atoms with E-state index in [2.05, 4.69) is 31.0 Å². The number of carbonyl (C=O) groups is 1. The van der Waals surface area contributed by atoms with Crippen molar-refractivity contribution in [1.82, 2.24) is 0 Å². The van der Waals surface area contributed by atoms with Gasteiger partial charge in [-0.1, -0.05) is 30.1 Å². The summed E-state index contributed by atoms with van der Waals surface area (Å²) in [7, 11) is 0. The van der Waals surface area contributed by atoms with Crippen LogP contribution in [0, 0.1) is 17.1 Å². The van der Waals surface area contributed by atoms with Crippen LogP contribution in [0.2, 0.25) is 10.0 Å². The van der Waals surface area contributed by atoms with Crippen molar-refractivity contribution in [1.29, 1.82) is 5.26 Å². The van der Waals surface area contributed by atoms with Gasteiger partial charge < -0.3 is 10.2 Å². The van der Waals surface area contributed by atoms with Gasteiger partial charge in [-0.05, 0) is 75.1 Å². The van der Waals surface area contributed by atoms with Crippen molar-refractivity contribution < 1.29 is 9.18 Å². The summed E-state index contributed by atoms with van der Waals surface area (Å²) in [6, 6.07) is 9.71. The van der Waals surface area contributed by atoms with Crippen LogP contribution in [0.15, 0.2) is 35.9 Å². The molecule has 0 radical (unpaired) electrons. The van der Waals surface area contributed by atoms with Crippen LogP contribution in [0.1, 0.15) is 51.2 Å². The van der Waals surface area contributed by atoms with Gasteiger partial charge in [0.25, 0.3) is 5.91 Å². The van der Waals surface area contributed by atoms with Crippen LogP contribution in [0.25, 0.3) is 6.08 Å². The molecule has 2 aromatic rings. The van der Waals surface area contributed by atoms with Crippen LogP contribution >= 0.6 is 23.2 Å². The van der Waals surface area contributed by atoms with Gasteiger partial charge in [-0.2, -0.15) is 5.26 Å². The summed E-state index contributed by atoms with van der Waals surface area (Å²) in [6.45, 7) is 9.23. The number of nitrogens with one attached hydrogen (secondary N) is 1. The number of halogens is 3. The number of nitrogens with zero attached hydrogens (tertiary/aromatic N) is 2. The normalized spacial score (nSPS) is 17.7. The van der Waals surface area contributed by atoms with Crippen LogP contribution < -0.4 is 10.2 Å². The Morgan fingerprint density at radius 1 is 1.35 bits per heavy atom. The Bertz CT molecular complexity index is 1100. The van der Waals surface area contributed by atoms with E-state index in [1.165, 1.54) is 18.2 Å². The third kappa shape index (κ3) is 4.71. The summed E-state index contributed by atoms with van der Waals surface area (Å²) < 4.78 is 15.0. The van der Waals surface area contributed by atoms with E-state index in [0.717, 1.165) is 24.2 Å². The minimum Gasteiger partial charge on any atom is -0.366 e. The molecule has 0 aromatic heterocycles. The summed E-state index contributed by atoms with van der Waals surface area (Å²) >= 11 is 12.0. The molecule has 1 amide bonds. The number of rotatable bonds is 4. The predicted octanol–water partition coefficient (Wildman–Crippen LogP) is 6.79. The Hall–Kier alpha value is -2.55. The average Bonchev–Trinajstić information content (AvgIpc) is 2.68. The molecule has 2 aromatic carbocycles. The molecule has 0 spiro atoms. The zero-order valence-corrected chi connectivity index (χ0v) is 19.4. The lowest BCUT2D eigenvalue weighted by molar-refractivity contribution is -0.112. The molecular formula is C24H24Cl2FN3O. The molecule has 162 valence electrons. The highest BCUT2D eigenvalue weighted by molar-refractivity contribution is 6.36. The Kier molecular flexibility index (Phi) is 6.64. The fourth-order valence-corrected chi connectivity index (χ4v) is 4.77. The maximum atomic E-state index is 15.0. The second-order valence-corrected chi connectivity index (χ2v) is 9.19. The molecule has 1 aliphatic heterocycles. The van der Waals surface area contributed by atoms with Crippen molar-refractivity contribution in [3.05, 3.63) is 62.9 Å². The number of benzene rings is 2. The summed E-state index contributed by atoms with van der Waals surface area (Å²) in [5.74, 6) is -0.937. The Morgan fingerprint density at radius 3 is 2.68 bits per heavy atom. The van der Waals surface area contributed by atoms with E-state index in [4.69, 9.17) is 23.2 Å². The molecule has 0 fully saturated rings. The van der Waals surface area contributed by atoms with Crippen LogP contribution in [0.3, 0.4) is 0 Å². The van der Waals surface area contributed by atoms with Gasteiger partial charge in [0.2, 0.25) is 0 Å². The van der Waals surface area contributed by atoms with Gasteiger partial charge in [-0.3, -0.25) is 4.79 Å². The minimum atomic E-state index is -0.673. The highest BCUT2D eigenvalue weighted by Gasteiger charge is 2.36. The number of hydrogen-bond acceptors (Lipinski definition) is 3. The van der Waals surface area contributed by atoms with Crippen LogP contribution in [0.5, 0.6) is 0 Å². The lowest BCUT2D eigenvalue weighted by Gasteiger charge is -2.47. The first-order valence-electron chi connectivity index (χ1n) is 10.1. The maximum Gasteiger partial charge on any atom is 0.266 e. The summed E-state index contributed by atoms with van der Waals surface area (Å²) in [4.78, 5) is 14.8. The molecule has 7 heteroatoms. The van der Waals surface area contributed by atoms with Crippen molar-refractivity contribution in [2.24, 2.45) is 0 Å². The van der Waals surface area contributed by atoms with Gasteiger partial charge >= 0.3 is 0 Å². The zero-order chi connectivity index (χ0) is 22.9. The highest BCUT2D eigenvalue weighted by atomic mass is 35.5. The Balaban J connectivity index is 1.97. The smallest absolute Gasteiger partial charge is 0.266 e. The topological polar surface area (TPSA) is 56.1 Å². The molecule has 0 aliphatic carbocycles. The van der Waals surface area contributed by atoms with Crippen molar-refractivity contribution >= 4 is 46.6 Å². The molecule has 1 aliphatic rings. The first-order valence-corrected chi connectivity index (χ1v) is 10.8. The summed E-state index contributed by atoms with van der Waals surface area (Å²) in [5.41, 5.74) is 2.08. The fourth-order valence-electron chi connectivity index (χ4n) is 4.31. The third-order valence-corrected chi connectivity index (χ3v) is 6.21. The van der Waals surface area contributed by atoms with E-state index in [1.54, 1.807) is 18.2 Å². The molecular weight excluding hydrogens is 436 g/mol. The first kappa shape index (κ1) is 23.1. The third-order valence-electron chi connectivity index (χ3n) is 5.66. The van der Waals surface area contributed by atoms with Crippen LogP contribution in [-0.2, 0) is 4.79 Å². The number of fused-ring (bicyclic) bond motifs is 1.